The molecule has 1 saturated carbocycles. The van der Waals surface area contributed by atoms with E-state index in [0.29, 0.717) is 0 Å². The molecule has 0 amide bonds. The summed E-state index contributed by atoms with van der Waals surface area (Å²) in [7, 11) is 0. The molecule has 342 valence electrons. The van der Waals surface area contributed by atoms with Gasteiger partial charge in [0.05, 0.1) is 27.4 Å². The van der Waals surface area contributed by atoms with Crippen molar-refractivity contribution in [3.8, 4) is 22.3 Å². The molecular weight excluding hydrogens is 868 g/mol. The predicted molar refractivity (Wildman–Crippen MR) is 300 cm³/mol. The Bertz CT molecular complexity index is 3850. The highest BCUT2D eigenvalue weighted by molar-refractivity contribution is 7.26. The molecule has 4 aliphatic rings. The van der Waals surface area contributed by atoms with Crippen LogP contribution in [0.25, 0.3) is 53.4 Å². The summed E-state index contributed by atoms with van der Waals surface area (Å²) in [5, 5.41) is 3.73. The highest BCUT2D eigenvalue weighted by Crippen LogP contribution is 2.61. The number of thiophene rings is 1. The minimum atomic E-state index is -0.166. The fraction of sp³-hybridized carbons (Fsp3) is 0.231. The molecule has 0 saturated heterocycles. The molecular formula is C65H57BN2OS. The Kier molecular flexibility index (Phi) is 8.79. The molecule has 1 fully saturated rings. The van der Waals surface area contributed by atoms with E-state index >= 15 is 0 Å². The molecule has 10 aromatic rings. The zero-order valence-corrected chi connectivity index (χ0v) is 42.4. The molecule has 0 N–H and O–H groups in total. The molecule has 2 aliphatic carbocycles. The lowest BCUT2D eigenvalue weighted by atomic mass is 9.35. The number of benzene rings is 8. The largest absolute Gasteiger partial charge is 0.468 e. The lowest BCUT2D eigenvalue weighted by Crippen LogP contribution is -2.61. The van der Waals surface area contributed by atoms with Crippen molar-refractivity contribution in [1.82, 2.24) is 0 Å². The summed E-state index contributed by atoms with van der Waals surface area (Å²) >= 11 is 1.90. The van der Waals surface area contributed by atoms with Gasteiger partial charge in [-0.25, -0.2) is 0 Å². The number of furan rings is 1. The lowest BCUT2D eigenvalue weighted by Gasteiger charge is -2.44. The minimum absolute atomic E-state index is 0.0324. The molecule has 3 nitrogen and oxygen atoms in total. The van der Waals surface area contributed by atoms with Crippen LogP contribution < -0.4 is 26.4 Å². The van der Waals surface area contributed by atoms with Crippen molar-refractivity contribution >= 4 is 99.9 Å². The molecule has 4 heterocycles. The molecule has 0 unspecified atom stereocenters. The molecule has 1 spiro atoms. The fourth-order valence-corrected chi connectivity index (χ4v) is 14.6. The SMILES string of the molecule is Cc1cccc(C)c1-c1cc2c3c(c1)N(c1cccc4c1sc1ccccc14)c1c(oc4ccc(C(C)(C)C)cc14)B3c1ccc(C(C)(C)C)cc1N2c1cccc2c1-c1ccccc1C21CCCC1. The van der Waals surface area contributed by atoms with Gasteiger partial charge in [0.2, 0.25) is 0 Å². The van der Waals surface area contributed by atoms with Crippen LogP contribution in [0.3, 0.4) is 0 Å². The number of hydrogen-bond donors (Lipinski definition) is 0. The molecule has 2 aliphatic heterocycles. The van der Waals surface area contributed by atoms with Gasteiger partial charge in [-0.1, -0.05) is 158 Å². The van der Waals surface area contributed by atoms with Gasteiger partial charge in [0.25, 0.3) is 6.71 Å². The van der Waals surface area contributed by atoms with Crippen LogP contribution in [0, 0.1) is 13.8 Å². The summed E-state index contributed by atoms with van der Waals surface area (Å²) in [6.45, 7) is 18.4. The van der Waals surface area contributed by atoms with Crippen LogP contribution in [-0.2, 0) is 16.2 Å². The van der Waals surface area contributed by atoms with Crippen LogP contribution in [0.4, 0.5) is 34.1 Å². The lowest BCUT2D eigenvalue weighted by molar-refractivity contribution is 0.550. The first-order chi connectivity index (χ1) is 33.8. The van der Waals surface area contributed by atoms with E-state index in [1.807, 2.05) is 11.3 Å². The third-order valence-corrected chi connectivity index (χ3v) is 18.0. The first kappa shape index (κ1) is 42.1. The Balaban J connectivity index is 1.16. The quantitative estimate of drug-likeness (QED) is 0.165. The van der Waals surface area contributed by atoms with Crippen molar-refractivity contribution in [1.29, 1.82) is 0 Å². The third kappa shape index (κ3) is 5.76. The summed E-state index contributed by atoms with van der Waals surface area (Å²) in [5.41, 5.74) is 25.1. The Labute approximate surface area is 416 Å². The predicted octanol–water partition coefficient (Wildman–Crippen LogP) is 16.6. The van der Waals surface area contributed by atoms with E-state index in [0.717, 1.165) is 22.3 Å². The van der Waals surface area contributed by atoms with Gasteiger partial charge in [-0.15, -0.1) is 11.3 Å². The molecule has 14 rings (SSSR count). The number of rotatable bonds is 3. The number of aryl methyl sites for hydroxylation is 2. The fourth-order valence-electron chi connectivity index (χ4n) is 13.4. The normalized spacial score (nSPS) is 15.5. The van der Waals surface area contributed by atoms with E-state index in [9.17, 15) is 0 Å². The molecule has 5 heteroatoms. The first-order valence-electron chi connectivity index (χ1n) is 25.5. The van der Waals surface area contributed by atoms with Gasteiger partial charge < -0.3 is 14.2 Å². The van der Waals surface area contributed by atoms with Gasteiger partial charge in [-0.2, -0.15) is 0 Å². The second kappa shape index (κ2) is 14.6. The van der Waals surface area contributed by atoms with Crippen molar-refractivity contribution in [3.63, 3.8) is 0 Å². The summed E-state index contributed by atoms with van der Waals surface area (Å²) in [4.78, 5) is 5.33. The maximum Gasteiger partial charge on any atom is 0.297 e. The van der Waals surface area contributed by atoms with Crippen molar-refractivity contribution in [2.24, 2.45) is 0 Å². The Morgan fingerprint density at radius 2 is 1.19 bits per heavy atom. The topological polar surface area (TPSA) is 19.6 Å². The van der Waals surface area contributed by atoms with Gasteiger partial charge in [0.15, 0.2) is 0 Å². The standard InChI is InChI=1S/C65H57BN2OS/c1-38-18-15-19-39(2)57(38)40-34-53-59-54(35-40)68(51-26-16-22-44-43-20-10-12-27-56(43)70-61(44)51)60-46-36-41(63(3,4)5)29-31-55(46)69-62(60)66(59)49-30-28-42(64(6,7)8)37-52(49)67(53)50-25-17-24-48-58(50)45-21-9-11-23-47(45)65(48)32-13-14-33-65/h9-12,15-31,34-37H,13-14,32-33H2,1-8H3. The van der Waals surface area contributed by atoms with Gasteiger partial charge in [0.1, 0.15) is 5.58 Å². The monoisotopic (exact) mass is 924 g/mol. The van der Waals surface area contributed by atoms with Crippen LogP contribution >= 0.6 is 11.3 Å². The minimum Gasteiger partial charge on any atom is -0.468 e. The van der Waals surface area contributed by atoms with E-state index < -0.39 is 0 Å². The zero-order chi connectivity index (χ0) is 47.6. The third-order valence-electron chi connectivity index (χ3n) is 16.8. The van der Waals surface area contributed by atoms with Gasteiger partial charge >= 0.3 is 0 Å². The second-order valence-electron chi connectivity index (χ2n) is 22.9. The van der Waals surface area contributed by atoms with Crippen molar-refractivity contribution in [2.45, 2.75) is 97.3 Å². The maximum atomic E-state index is 7.51. The van der Waals surface area contributed by atoms with Crippen LogP contribution in [0.2, 0.25) is 0 Å². The molecule has 0 radical (unpaired) electrons. The van der Waals surface area contributed by atoms with Crippen LogP contribution in [0.5, 0.6) is 0 Å². The zero-order valence-electron chi connectivity index (χ0n) is 41.6. The van der Waals surface area contributed by atoms with E-state index in [2.05, 4.69) is 217 Å². The average Bonchev–Trinajstić information content (AvgIpc) is 4.14. The maximum absolute atomic E-state index is 7.51. The van der Waals surface area contributed by atoms with E-state index in [-0.39, 0.29) is 23.0 Å². The Morgan fingerprint density at radius 3 is 1.97 bits per heavy atom. The molecule has 2 aromatic heterocycles. The molecule has 70 heavy (non-hydrogen) atoms. The van der Waals surface area contributed by atoms with Gasteiger partial charge in [0, 0.05) is 48.9 Å². The van der Waals surface area contributed by atoms with E-state index in [1.54, 1.807) is 0 Å². The number of hydrogen-bond acceptors (Lipinski definition) is 4. The average molecular weight is 925 g/mol. The Hall–Kier alpha value is -6.82. The van der Waals surface area contributed by atoms with Crippen molar-refractivity contribution in [3.05, 3.63) is 185 Å². The van der Waals surface area contributed by atoms with Crippen LogP contribution in [-0.4, -0.2) is 6.71 Å². The van der Waals surface area contributed by atoms with Gasteiger partial charge in [-0.3, -0.25) is 0 Å². The second-order valence-corrected chi connectivity index (χ2v) is 23.9. The van der Waals surface area contributed by atoms with Crippen LogP contribution in [0.15, 0.2) is 156 Å². The van der Waals surface area contributed by atoms with Crippen molar-refractivity contribution < 1.29 is 4.42 Å². The molecule has 8 aromatic carbocycles. The van der Waals surface area contributed by atoms with Crippen molar-refractivity contribution in [2.75, 3.05) is 9.80 Å². The summed E-state index contributed by atoms with van der Waals surface area (Å²) in [5.74, 6) is 0. The summed E-state index contributed by atoms with van der Waals surface area (Å²) in [6, 6.07) is 58.7. The number of anilines is 6. The summed E-state index contributed by atoms with van der Waals surface area (Å²) in [6.07, 6.45) is 4.89. The number of nitrogens with zero attached hydrogens (tertiary/aromatic N) is 2. The Morgan fingerprint density at radius 1 is 0.543 bits per heavy atom. The first-order valence-corrected chi connectivity index (χ1v) is 26.3. The van der Waals surface area contributed by atoms with E-state index in [4.69, 9.17) is 4.42 Å². The molecule has 0 bridgehead atoms. The van der Waals surface area contributed by atoms with E-state index in [1.165, 1.54) is 141 Å². The highest BCUT2D eigenvalue weighted by Gasteiger charge is 2.50. The highest BCUT2D eigenvalue weighted by atomic mass is 32.1. The van der Waals surface area contributed by atoms with Gasteiger partial charge in [-0.05, 0) is 147 Å². The summed E-state index contributed by atoms with van der Waals surface area (Å²) < 4.78 is 10.1. The molecule has 0 atom stereocenters. The smallest absolute Gasteiger partial charge is 0.297 e. The number of fused-ring (bicyclic) bond motifs is 14. The van der Waals surface area contributed by atoms with Crippen LogP contribution in [0.1, 0.15) is 101 Å².